The minimum atomic E-state index is -3.31. The lowest BCUT2D eigenvalue weighted by Gasteiger charge is -2.29. The third kappa shape index (κ3) is 5.06. The molecule has 0 saturated heterocycles. The highest BCUT2D eigenvalue weighted by molar-refractivity contribution is 7.90. The number of hydrogen-bond donors (Lipinski definition) is 1. The highest BCUT2D eigenvalue weighted by Crippen LogP contribution is 2.23. The van der Waals surface area contributed by atoms with Crippen LogP contribution < -0.4 is 5.32 Å². The Morgan fingerprint density at radius 3 is 2.38 bits per heavy atom. The van der Waals surface area contributed by atoms with Crippen molar-refractivity contribution in [3.63, 3.8) is 0 Å². The lowest BCUT2D eigenvalue weighted by Crippen LogP contribution is -2.42. The molecule has 0 bridgehead atoms. The quantitative estimate of drug-likeness (QED) is 0.817. The molecule has 1 aliphatic carbocycles. The van der Waals surface area contributed by atoms with Crippen LogP contribution in [0.25, 0.3) is 0 Å². The summed E-state index contributed by atoms with van der Waals surface area (Å²) in [6, 6.07) is 5.57. The number of amides is 1. The zero-order valence-corrected chi connectivity index (χ0v) is 14.8. The van der Waals surface area contributed by atoms with Crippen LogP contribution in [-0.2, 0) is 19.4 Å². The molecule has 2 rings (SSSR count). The van der Waals surface area contributed by atoms with E-state index in [1.165, 1.54) is 30.7 Å². The first kappa shape index (κ1) is 18.4. The van der Waals surface area contributed by atoms with Gasteiger partial charge in [0.15, 0.2) is 16.4 Å². The van der Waals surface area contributed by atoms with Gasteiger partial charge in [-0.3, -0.25) is 4.79 Å². The van der Waals surface area contributed by atoms with Crippen molar-refractivity contribution >= 4 is 21.7 Å². The lowest BCUT2D eigenvalue weighted by atomic mass is 9.86. The van der Waals surface area contributed by atoms with Gasteiger partial charge in [0, 0.05) is 12.3 Å². The van der Waals surface area contributed by atoms with E-state index in [1.54, 1.807) is 0 Å². The van der Waals surface area contributed by atoms with Crippen molar-refractivity contribution in [2.75, 3.05) is 12.9 Å². The van der Waals surface area contributed by atoms with E-state index in [1.807, 2.05) is 0 Å². The van der Waals surface area contributed by atoms with Crippen LogP contribution in [0, 0.1) is 5.92 Å². The molecule has 132 valence electrons. The van der Waals surface area contributed by atoms with Gasteiger partial charge in [-0.2, -0.15) is 0 Å². The molecule has 1 aromatic carbocycles. The topological polar surface area (TPSA) is 89.5 Å². The maximum atomic E-state index is 11.9. The van der Waals surface area contributed by atoms with Gasteiger partial charge in [-0.25, -0.2) is 13.2 Å². The molecule has 24 heavy (non-hydrogen) atoms. The Morgan fingerprint density at radius 1 is 1.17 bits per heavy atom. The predicted molar refractivity (Wildman–Crippen MR) is 89.4 cm³/mol. The molecule has 6 nitrogen and oxygen atoms in total. The molecule has 1 aliphatic rings. The number of sulfone groups is 1. The largest absolute Gasteiger partial charge is 0.452 e. The molecule has 1 N–H and O–H groups in total. The first-order chi connectivity index (χ1) is 11.3. The van der Waals surface area contributed by atoms with Crippen molar-refractivity contribution in [2.24, 2.45) is 5.92 Å². The first-order valence-corrected chi connectivity index (χ1v) is 9.93. The van der Waals surface area contributed by atoms with Gasteiger partial charge in [-0.05, 0) is 43.0 Å². The second-order valence-electron chi connectivity index (χ2n) is 6.31. The Morgan fingerprint density at radius 2 is 1.79 bits per heavy atom. The maximum Gasteiger partial charge on any atom is 0.338 e. The van der Waals surface area contributed by atoms with Gasteiger partial charge in [0.1, 0.15) is 0 Å². The van der Waals surface area contributed by atoms with Crippen LogP contribution in [0.3, 0.4) is 0 Å². The summed E-state index contributed by atoms with van der Waals surface area (Å²) in [4.78, 5) is 24.0. The molecular formula is C17H23NO5S. The zero-order valence-electron chi connectivity index (χ0n) is 13.9. The minimum Gasteiger partial charge on any atom is -0.452 e. The van der Waals surface area contributed by atoms with E-state index in [0.717, 1.165) is 25.5 Å². The highest BCUT2D eigenvalue weighted by Gasteiger charge is 2.23. The Kier molecular flexibility index (Phi) is 5.99. The van der Waals surface area contributed by atoms with Crippen LogP contribution in [0.2, 0.25) is 0 Å². The standard InChI is InChI=1S/C17H23NO5S/c1-12-5-3-4-6-15(12)18-16(19)11-23-17(20)13-7-9-14(10-8-13)24(2,21)22/h7-10,12,15H,3-6,11H2,1-2H3,(H,18,19)/t12-,15+/m0/s1. The summed E-state index contributed by atoms with van der Waals surface area (Å²) < 4.78 is 27.7. The van der Waals surface area contributed by atoms with Gasteiger partial charge >= 0.3 is 5.97 Å². The number of nitrogens with one attached hydrogen (secondary N) is 1. The van der Waals surface area contributed by atoms with Gasteiger partial charge in [0.25, 0.3) is 5.91 Å². The Labute approximate surface area is 142 Å². The number of carbonyl (C=O) groups excluding carboxylic acids is 2. The van der Waals surface area contributed by atoms with Crippen LogP contribution in [0.5, 0.6) is 0 Å². The second kappa shape index (κ2) is 7.79. The number of esters is 1. The number of carbonyl (C=O) groups is 2. The third-order valence-electron chi connectivity index (χ3n) is 4.31. The van der Waals surface area contributed by atoms with Crippen molar-refractivity contribution in [1.29, 1.82) is 0 Å². The van der Waals surface area contributed by atoms with Crippen LogP contribution in [0.1, 0.15) is 43.0 Å². The summed E-state index contributed by atoms with van der Waals surface area (Å²) in [5.41, 5.74) is 0.209. The molecule has 1 aromatic rings. The molecule has 7 heteroatoms. The summed E-state index contributed by atoms with van der Waals surface area (Å²) in [5, 5.41) is 2.91. The molecule has 0 heterocycles. The molecule has 0 unspecified atom stereocenters. The van der Waals surface area contributed by atoms with Gasteiger partial charge in [0.05, 0.1) is 10.5 Å². The maximum absolute atomic E-state index is 11.9. The second-order valence-corrected chi connectivity index (χ2v) is 8.32. The Balaban J connectivity index is 1.85. The van der Waals surface area contributed by atoms with Crippen molar-refractivity contribution in [3.05, 3.63) is 29.8 Å². The van der Waals surface area contributed by atoms with E-state index >= 15 is 0 Å². The highest BCUT2D eigenvalue weighted by atomic mass is 32.2. The first-order valence-electron chi connectivity index (χ1n) is 8.04. The predicted octanol–water partition coefficient (Wildman–Crippen LogP) is 1.94. The fourth-order valence-electron chi connectivity index (χ4n) is 2.83. The van der Waals surface area contributed by atoms with E-state index in [-0.39, 0.29) is 29.0 Å². The van der Waals surface area contributed by atoms with Crippen LogP contribution in [0.15, 0.2) is 29.2 Å². The van der Waals surface area contributed by atoms with E-state index in [0.29, 0.717) is 5.92 Å². The summed E-state index contributed by atoms with van der Waals surface area (Å²) in [7, 11) is -3.31. The van der Waals surface area contributed by atoms with Crippen molar-refractivity contribution in [3.8, 4) is 0 Å². The summed E-state index contributed by atoms with van der Waals surface area (Å²) >= 11 is 0. The molecule has 0 radical (unpaired) electrons. The van der Waals surface area contributed by atoms with Crippen LogP contribution in [-0.4, -0.2) is 39.2 Å². The fraction of sp³-hybridized carbons (Fsp3) is 0.529. The molecule has 0 aliphatic heterocycles. The smallest absolute Gasteiger partial charge is 0.338 e. The average Bonchev–Trinajstić information content (AvgIpc) is 2.54. The Hall–Kier alpha value is -1.89. The average molecular weight is 353 g/mol. The number of hydrogen-bond acceptors (Lipinski definition) is 5. The summed E-state index contributed by atoms with van der Waals surface area (Å²) in [6.07, 6.45) is 5.43. The molecule has 2 atom stereocenters. The monoisotopic (exact) mass is 353 g/mol. The van der Waals surface area contributed by atoms with E-state index in [9.17, 15) is 18.0 Å². The molecule has 1 fully saturated rings. The number of rotatable bonds is 5. The van der Waals surface area contributed by atoms with Gasteiger partial charge in [-0.1, -0.05) is 19.8 Å². The Bertz CT molecular complexity index is 696. The minimum absolute atomic E-state index is 0.128. The zero-order chi connectivity index (χ0) is 17.7. The SMILES string of the molecule is C[C@H]1CCCC[C@H]1NC(=O)COC(=O)c1ccc(S(C)(=O)=O)cc1. The van der Waals surface area contributed by atoms with Gasteiger partial charge < -0.3 is 10.1 Å². The van der Waals surface area contributed by atoms with Crippen molar-refractivity contribution in [1.82, 2.24) is 5.32 Å². The molecular weight excluding hydrogens is 330 g/mol. The summed E-state index contributed by atoms with van der Waals surface area (Å²) in [6.45, 7) is 1.77. The number of ether oxygens (including phenoxy) is 1. The molecule has 0 spiro atoms. The normalized spacial score (nSPS) is 21.1. The number of benzene rings is 1. The summed E-state index contributed by atoms with van der Waals surface area (Å²) in [5.74, 6) is -0.529. The molecule has 1 amide bonds. The van der Waals surface area contributed by atoms with E-state index in [4.69, 9.17) is 4.74 Å². The molecule has 1 saturated carbocycles. The van der Waals surface area contributed by atoms with Crippen LogP contribution in [0.4, 0.5) is 0 Å². The van der Waals surface area contributed by atoms with E-state index < -0.39 is 15.8 Å². The fourth-order valence-corrected chi connectivity index (χ4v) is 3.46. The van der Waals surface area contributed by atoms with Crippen molar-refractivity contribution in [2.45, 2.75) is 43.5 Å². The third-order valence-corrected chi connectivity index (χ3v) is 5.44. The lowest BCUT2D eigenvalue weighted by molar-refractivity contribution is -0.125. The van der Waals surface area contributed by atoms with Crippen LogP contribution >= 0.6 is 0 Å². The molecule has 0 aromatic heterocycles. The van der Waals surface area contributed by atoms with Crippen molar-refractivity contribution < 1.29 is 22.7 Å². The van der Waals surface area contributed by atoms with Gasteiger partial charge in [0.2, 0.25) is 0 Å². The van der Waals surface area contributed by atoms with Gasteiger partial charge in [-0.15, -0.1) is 0 Å². The van der Waals surface area contributed by atoms with E-state index in [2.05, 4.69) is 12.2 Å².